The van der Waals surface area contributed by atoms with E-state index in [1.54, 1.807) is 0 Å². The largest absolute Gasteiger partial charge is 0.465 e. The fraction of sp³-hybridized carbons (Fsp3) is 0.800. The minimum Gasteiger partial charge on any atom is -0.465 e. The molecule has 0 aliphatic rings. The Morgan fingerprint density at radius 3 is 2.48 bits per heavy atom. The Morgan fingerprint density at radius 1 is 1.33 bits per heavy atom. The summed E-state index contributed by atoms with van der Waals surface area (Å²) in [6, 6.07) is 0.165. The molecule has 0 amide bonds. The molecule has 0 aromatic carbocycles. The van der Waals surface area contributed by atoms with E-state index < -0.39 is 5.54 Å². The van der Waals surface area contributed by atoms with E-state index in [0.717, 1.165) is 24.5 Å². The number of ether oxygens (including phenoxy) is 1. The van der Waals surface area contributed by atoms with Gasteiger partial charge in [0.25, 0.3) is 0 Å². The third-order valence-corrected chi connectivity index (χ3v) is 3.22. The zero-order chi connectivity index (χ0) is 16.0. The molecule has 0 aliphatic heterocycles. The van der Waals surface area contributed by atoms with Crippen molar-refractivity contribution in [3.63, 3.8) is 0 Å². The summed E-state index contributed by atoms with van der Waals surface area (Å²) in [5, 5.41) is 7.80. The number of hydrogen-bond acceptors (Lipinski definition) is 5. The van der Waals surface area contributed by atoms with E-state index >= 15 is 0 Å². The molecule has 6 heteroatoms. The Labute approximate surface area is 127 Å². The molecule has 1 N–H and O–H groups in total. The maximum absolute atomic E-state index is 12.3. The van der Waals surface area contributed by atoms with Crippen LogP contribution in [-0.4, -0.2) is 38.9 Å². The monoisotopic (exact) mass is 296 g/mol. The molecule has 0 fully saturated rings. The highest BCUT2D eigenvalue weighted by Crippen LogP contribution is 2.14. The molecule has 0 spiro atoms. The van der Waals surface area contributed by atoms with Crippen molar-refractivity contribution in [2.75, 3.05) is 6.61 Å². The lowest BCUT2D eigenvalue weighted by molar-refractivity contribution is -0.151. The number of carbonyl (C=O) groups is 1. The van der Waals surface area contributed by atoms with Crippen molar-refractivity contribution < 1.29 is 9.53 Å². The Balaban J connectivity index is 3.05. The lowest BCUT2D eigenvalue weighted by Crippen LogP contribution is -2.56. The van der Waals surface area contributed by atoms with E-state index in [9.17, 15) is 4.79 Å². The van der Waals surface area contributed by atoms with Crippen LogP contribution < -0.4 is 5.32 Å². The summed E-state index contributed by atoms with van der Waals surface area (Å²) in [4.78, 5) is 16.8. The second kappa shape index (κ2) is 7.54. The normalized spacial score (nSPS) is 14.2. The van der Waals surface area contributed by atoms with Crippen LogP contribution in [0.15, 0.2) is 0 Å². The van der Waals surface area contributed by atoms with Crippen molar-refractivity contribution in [1.29, 1.82) is 0 Å². The number of aromatic nitrogens is 3. The summed E-state index contributed by atoms with van der Waals surface area (Å²) < 4.78 is 7.05. The molecule has 1 aromatic rings. The predicted molar refractivity (Wildman–Crippen MR) is 82.1 cm³/mol. The zero-order valence-electron chi connectivity index (χ0n) is 14.1. The van der Waals surface area contributed by atoms with Crippen molar-refractivity contribution in [3.8, 4) is 0 Å². The molecule has 0 aliphatic carbocycles. The SMILES string of the molecule is CCOC(=O)C(C)(Cn1nc(CC)nc1CC)NC(C)C. The van der Waals surface area contributed by atoms with Gasteiger partial charge in [-0.1, -0.05) is 13.8 Å². The molecule has 0 saturated carbocycles. The highest BCUT2D eigenvalue weighted by atomic mass is 16.5. The first-order valence-corrected chi connectivity index (χ1v) is 7.73. The van der Waals surface area contributed by atoms with Gasteiger partial charge in [-0.15, -0.1) is 0 Å². The van der Waals surface area contributed by atoms with Gasteiger partial charge in [0.15, 0.2) is 5.82 Å². The molecular formula is C15H28N4O2. The van der Waals surface area contributed by atoms with Crippen molar-refractivity contribution in [2.24, 2.45) is 0 Å². The first kappa shape index (κ1) is 17.6. The zero-order valence-corrected chi connectivity index (χ0v) is 14.1. The second-order valence-corrected chi connectivity index (χ2v) is 5.66. The smallest absolute Gasteiger partial charge is 0.327 e. The van der Waals surface area contributed by atoms with Gasteiger partial charge in [-0.3, -0.25) is 5.32 Å². The summed E-state index contributed by atoms with van der Waals surface area (Å²) in [5.41, 5.74) is -0.813. The lowest BCUT2D eigenvalue weighted by atomic mass is 10.0. The van der Waals surface area contributed by atoms with Crippen LogP contribution in [-0.2, 0) is 28.9 Å². The Kier molecular flexibility index (Phi) is 6.33. The van der Waals surface area contributed by atoms with Crippen LogP contribution in [0.2, 0.25) is 0 Å². The third kappa shape index (κ3) is 4.52. The third-order valence-electron chi connectivity index (χ3n) is 3.22. The van der Waals surface area contributed by atoms with Gasteiger partial charge in [0.05, 0.1) is 13.2 Å². The number of nitrogens with zero attached hydrogens (tertiary/aromatic N) is 3. The first-order valence-electron chi connectivity index (χ1n) is 7.73. The van der Waals surface area contributed by atoms with Gasteiger partial charge in [0.1, 0.15) is 11.4 Å². The Hall–Kier alpha value is -1.43. The van der Waals surface area contributed by atoms with E-state index in [-0.39, 0.29) is 12.0 Å². The number of nitrogens with one attached hydrogen (secondary N) is 1. The van der Waals surface area contributed by atoms with Crippen LogP contribution in [0.3, 0.4) is 0 Å². The number of esters is 1. The molecule has 1 atom stereocenters. The molecule has 1 aromatic heterocycles. The van der Waals surface area contributed by atoms with Gasteiger partial charge < -0.3 is 4.74 Å². The number of rotatable bonds is 8. The van der Waals surface area contributed by atoms with Crippen LogP contribution in [0.1, 0.15) is 53.2 Å². The van der Waals surface area contributed by atoms with Gasteiger partial charge in [-0.05, 0) is 27.7 Å². The van der Waals surface area contributed by atoms with Gasteiger partial charge in [-0.2, -0.15) is 5.10 Å². The lowest BCUT2D eigenvalue weighted by Gasteiger charge is -2.30. The van der Waals surface area contributed by atoms with Crippen LogP contribution in [0.5, 0.6) is 0 Å². The Bertz CT molecular complexity index is 470. The average Bonchev–Trinajstić information content (AvgIpc) is 2.80. The molecule has 1 heterocycles. The van der Waals surface area contributed by atoms with Gasteiger partial charge in [-0.25, -0.2) is 14.5 Å². The molecule has 0 bridgehead atoms. The van der Waals surface area contributed by atoms with Crippen molar-refractivity contribution in [3.05, 3.63) is 11.6 Å². The standard InChI is InChI=1S/C15H28N4O2/c1-7-12-16-13(8-2)19(18-12)10-15(6,17-11(4)5)14(20)21-9-3/h11,17H,7-10H2,1-6H3. The molecule has 1 rings (SSSR count). The van der Waals surface area contributed by atoms with E-state index in [4.69, 9.17) is 4.74 Å². The van der Waals surface area contributed by atoms with Gasteiger partial charge in [0, 0.05) is 18.9 Å². The number of carbonyl (C=O) groups excluding carboxylic acids is 1. The summed E-state index contributed by atoms with van der Waals surface area (Å²) in [5.74, 6) is 1.45. The fourth-order valence-electron chi connectivity index (χ4n) is 2.36. The quantitative estimate of drug-likeness (QED) is 0.740. The van der Waals surface area contributed by atoms with Gasteiger partial charge >= 0.3 is 5.97 Å². The van der Waals surface area contributed by atoms with Crippen LogP contribution in [0.4, 0.5) is 0 Å². The number of hydrogen-bond donors (Lipinski definition) is 1. The summed E-state index contributed by atoms with van der Waals surface area (Å²) in [6.07, 6.45) is 1.57. The summed E-state index contributed by atoms with van der Waals surface area (Å²) >= 11 is 0. The topological polar surface area (TPSA) is 69.0 Å². The van der Waals surface area contributed by atoms with Crippen molar-refractivity contribution in [1.82, 2.24) is 20.1 Å². The molecule has 0 saturated heterocycles. The highest BCUT2D eigenvalue weighted by Gasteiger charge is 2.36. The van der Waals surface area contributed by atoms with Crippen LogP contribution >= 0.6 is 0 Å². The van der Waals surface area contributed by atoms with Crippen LogP contribution in [0, 0.1) is 0 Å². The molecule has 21 heavy (non-hydrogen) atoms. The van der Waals surface area contributed by atoms with Gasteiger partial charge in [0.2, 0.25) is 0 Å². The highest BCUT2D eigenvalue weighted by molar-refractivity contribution is 5.80. The number of aryl methyl sites for hydroxylation is 2. The molecule has 1 unspecified atom stereocenters. The fourth-order valence-corrected chi connectivity index (χ4v) is 2.36. The molecule has 0 radical (unpaired) electrons. The summed E-state index contributed by atoms with van der Waals surface area (Å²) in [7, 11) is 0. The van der Waals surface area contributed by atoms with E-state index in [1.807, 2.05) is 46.2 Å². The maximum Gasteiger partial charge on any atom is 0.327 e. The van der Waals surface area contributed by atoms with Crippen molar-refractivity contribution in [2.45, 2.75) is 72.5 Å². The maximum atomic E-state index is 12.3. The predicted octanol–water partition coefficient (Wildman–Crippen LogP) is 1.72. The Morgan fingerprint density at radius 2 is 2.00 bits per heavy atom. The molecular weight excluding hydrogens is 268 g/mol. The first-order chi connectivity index (χ1) is 9.86. The molecule has 6 nitrogen and oxygen atoms in total. The van der Waals surface area contributed by atoms with E-state index in [1.165, 1.54) is 0 Å². The minimum absolute atomic E-state index is 0.165. The van der Waals surface area contributed by atoms with E-state index in [2.05, 4.69) is 15.4 Å². The van der Waals surface area contributed by atoms with Crippen LogP contribution in [0.25, 0.3) is 0 Å². The molecule has 120 valence electrons. The van der Waals surface area contributed by atoms with Crippen molar-refractivity contribution >= 4 is 5.97 Å². The van der Waals surface area contributed by atoms with E-state index in [0.29, 0.717) is 13.2 Å². The minimum atomic E-state index is -0.813. The second-order valence-electron chi connectivity index (χ2n) is 5.66. The summed E-state index contributed by atoms with van der Waals surface area (Å²) in [6.45, 7) is 12.5. The average molecular weight is 296 g/mol.